The zero-order valence-corrected chi connectivity index (χ0v) is 11.7. The molecule has 1 aliphatic rings. The number of aromatic nitrogens is 2. The van der Waals surface area contributed by atoms with Gasteiger partial charge in [-0.15, -0.1) is 12.4 Å². The first-order valence-corrected chi connectivity index (χ1v) is 6.29. The number of hydrogen-bond acceptors (Lipinski definition) is 3. The van der Waals surface area contributed by atoms with Crippen molar-refractivity contribution < 1.29 is 4.79 Å². The zero-order chi connectivity index (χ0) is 12.3. The molecule has 18 heavy (non-hydrogen) atoms. The van der Waals surface area contributed by atoms with E-state index >= 15 is 0 Å². The fourth-order valence-electron chi connectivity index (χ4n) is 2.31. The van der Waals surface area contributed by atoms with E-state index in [0.29, 0.717) is 0 Å². The van der Waals surface area contributed by atoms with Gasteiger partial charge in [0.05, 0.1) is 17.4 Å². The van der Waals surface area contributed by atoms with Crippen LogP contribution in [0.4, 0.5) is 5.69 Å². The lowest BCUT2D eigenvalue weighted by atomic mass is 9.93. The van der Waals surface area contributed by atoms with Gasteiger partial charge < -0.3 is 10.6 Å². The first-order valence-electron chi connectivity index (χ1n) is 6.29. The van der Waals surface area contributed by atoms with E-state index in [0.717, 1.165) is 38.0 Å². The lowest BCUT2D eigenvalue weighted by Crippen LogP contribution is -2.50. The van der Waals surface area contributed by atoms with Crippen molar-refractivity contribution in [1.82, 2.24) is 15.1 Å². The summed E-state index contributed by atoms with van der Waals surface area (Å²) in [6, 6.07) is 0. The Balaban J connectivity index is 0.00000162. The highest BCUT2D eigenvalue weighted by Crippen LogP contribution is 2.24. The van der Waals surface area contributed by atoms with Crippen LogP contribution in [0.15, 0.2) is 12.4 Å². The second kappa shape index (κ2) is 6.20. The summed E-state index contributed by atoms with van der Waals surface area (Å²) in [6.07, 6.45) is 6.35. The number of amides is 1. The maximum Gasteiger partial charge on any atom is 0.244 e. The molecule has 1 aromatic rings. The Morgan fingerprint density at radius 1 is 1.61 bits per heavy atom. The summed E-state index contributed by atoms with van der Waals surface area (Å²) < 4.78 is 1.80. The number of anilines is 1. The summed E-state index contributed by atoms with van der Waals surface area (Å²) >= 11 is 0. The normalized spacial score (nSPS) is 22.6. The molecule has 2 heterocycles. The van der Waals surface area contributed by atoms with Gasteiger partial charge in [0.25, 0.3) is 0 Å². The predicted octanol–water partition coefficient (Wildman–Crippen LogP) is 1.80. The molecular weight excluding hydrogens is 252 g/mol. The van der Waals surface area contributed by atoms with Crippen molar-refractivity contribution in [2.45, 2.75) is 45.2 Å². The number of carbonyl (C=O) groups is 1. The first-order chi connectivity index (χ1) is 8.20. The van der Waals surface area contributed by atoms with E-state index in [9.17, 15) is 4.79 Å². The van der Waals surface area contributed by atoms with E-state index in [4.69, 9.17) is 0 Å². The molecule has 1 aromatic heterocycles. The Hall–Kier alpha value is -1.07. The Bertz CT molecular complexity index is 399. The number of aryl methyl sites for hydroxylation is 1. The smallest absolute Gasteiger partial charge is 0.244 e. The van der Waals surface area contributed by atoms with Crippen molar-refractivity contribution in [1.29, 1.82) is 0 Å². The van der Waals surface area contributed by atoms with Crippen molar-refractivity contribution in [2.24, 2.45) is 0 Å². The van der Waals surface area contributed by atoms with Crippen molar-refractivity contribution in [2.75, 3.05) is 11.9 Å². The van der Waals surface area contributed by atoms with E-state index in [1.165, 1.54) is 0 Å². The number of nitrogens with zero attached hydrogens (tertiary/aromatic N) is 2. The molecular formula is C12H21ClN4O. The highest BCUT2D eigenvalue weighted by Gasteiger charge is 2.39. The Morgan fingerprint density at radius 3 is 2.89 bits per heavy atom. The molecule has 0 aliphatic carbocycles. The van der Waals surface area contributed by atoms with E-state index in [2.05, 4.69) is 15.7 Å². The summed E-state index contributed by atoms with van der Waals surface area (Å²) in [5.41, 5.74) is 0.396. The molecule has 0 radical (unpaired) electrons. The van der Waals surface area contributed by atoms with Crippen LogP contribution in [-0.2, 0) is 11.3 Å². The average Bonchev–Trinajstić information content (AvgIpc) is 2.97. The third kappa shape index (κ3) is 2.84. The van der Waals surface area contributed by atoms with Crippen molar-refractivity contribution in [3.63, 3.8) is 0 Å². The minimum Gasteiger partial charge on any atom is -0.322 e. The second-order valence-electron chi connectivity index (χ2n) is 4.50. The molecule has 1 unspecified atom stereocenters. The number of halogens is 1. The molecule has 1 aliphatic heterocycles. The van der Waals surface area contributed by atoms with Gasteiger partial charge >= 0.3 is 0 Å². The fourth-order valence-corrected chi connectivity index (χ4v) is 2.31. The fraction of sp³-hybridized carbons (Fsp3) is 0.667. The summed E-state index contributed by atoms with van der Waals surface area (Å²) in [5.74, 6) is 0.0631. The molecule has 5 nitrogen and oxygen atoms in total. The summed E-state index contributed by atoms with van der Waals surface area (Å²) in [4.78, 5) is 12.3. The molecule has 0 spiro atoms. The molecule has 2 rings (SSSR count). The van der Waals surface area contributed by atoms with Gasteiger partial charge in [-0.25, -0.2) is 0 Å². The number of hydrogen-bond donors (Lipinski definition) is 2. The minimum absolute atomic E-state index is 0. The summed E-state index contributed by atoms with van der Waals surface area (Å²) in [5, 5.41) is 10.4. The van der Waals surface area contributed by atoms with E-state index < -0.39 is 0 Å². The first kappa shape index (κ1) is 15.0. The highest BCUT2D eigenvalue weighted by atomic mass is 35.5. The molecule has 2 N–H and O–H groups in total. The lowest BCUT2D eigenvalue weighted by molar-refractivity contribution is -0.122. The third-order valence-corrected chi connectivity index (χ3v) is 3.50. The zero-order valence-electron chi connectivity index (χ0n) is 10.9. The van der Waals surface area contributed by atoms with Crippen LogP contribution in [0.2, 0.25) is 0 Å². The molecule has 0 bridgehead atoms. The van der Waals surface area contributed by atoms with Crippen LogP contribution < -0.4 is 10.6 Å². The maximum absolute atomic E-state index is 12.3. The number of rotatable bonds is 4. The molecule has 102 valence electrons. The molecule has 0 aromatic carbocycles. The van der Waals surface area contributed by atoms with Gasteiger partial charge in [0.15, 0.2) is 0 Å². The van der Waals surface area contributed by atoms with E-state index in [-0.39, 0.29) is 23.9 Å². The second-order valence-corrected chi connectivity index (χ2v) is 4.50. The summed E-state index contributed by atoms with van der Waals surface area (Å²) in [7, 11) is 0. The van der Waals surface area contributed by atoms with Gasteiger partial charge in [0, 0.05) is 12.7 Å². The summed E-state index contributed by atoms with van der Waals surface area (Å²) in [6.45, 7) is 5.81. The molecule has 1 atom stereocenters. The third-order valence-electron chi connectivity index (χ3n) is 3.50. The number of nitrogens with one attached hydrogen (secondary N) is 2. The Labute approximate surface area is 114 Å². The molecule has 1 saturated heterocycles. The van der Waals surface area contributed by atoms with Crippen LogP contribution in [0, 0.1) is 0 Å². The topological polar surface area (TPSA) is 59.0 Å². The quantitative estimate of drug-likeness (QED) is 0.879. The standard InChI is InChI=1S/C12H20N4O.ClH/c1-3-12(6-5-7-13-12)11(17)15-10-8-14-16(4-2)9-10;/h8-9,13H,3-7H2,1-2H3,(H,15,17);1H. The van der Waals surface area contributed by atoms with Crippen molar-refractivity contribution in [3.05, 3.63) is 12.4 Å². The molecule has 1 fully saturated rings. The van der Waals surface area contributed by atoms with Gasteiger partial charge in [0.1, 0.15) is 0 Å². The maximum atomic E-state index is 12.3. The van der Waals surface area contributed by atoms with Crippen LogP contribution in [0.1, 0.15) is 33.1 Å². The van der Waals surface area contributed by atoms with E-state index in [1.54, 1.807) is 10.9 Å². The van der Waals surface area contributed by atoms with Crippen LogP contribution in [0.3, 0.4) is 0 Å². The number of carbonyl (C=O) groups excluding carboxylic acids is 1. The predicted molar refractivity (Wildman–Crippen MR) is 74.0 cm³/mol. The SMILES string of the molecule is CCn1cc(NC(=O)C2(CC)CCCN2)cn1.Cl. The molecule has 0 saturated carbocycles. The van der Waals surface area contributed by atoms with Gasteiger partial charge in [-0.2, -0.15) is 5.10 Å². The van der Waals surface area contributed by atoms with Crippen LogP contribution >= 0.6 is 12.4 Å². The highest BCUT2D eigenvalue weighted by molar-refractivity contribution is 5.98. The van der Waals surface area contributed by atoms with Crippen molar-refractivity contribution >= 4 is 24.0 Å². The lowest BCUT2D eigenvalue weighted by Gasteiger charge is -2.26. The molecule has 1 amide bonds. The van der Waals surface area contributed by atoms with Crippen LogP contribution in [0.25, 0.3) is 0 Å². The van der Waals surface area contributed by atoms with E-state index in [1.807, 2.05) is 20.0 Å². The van der Waals surface area contributed by atoms with Gasteiger partial charge in [0.2, 0.25) is 5.91 Å². The Kier molecular flexibility index (Phi) is 5.16. The average molecular weight is 273 g/mol. The monoisotopic (exact) mass is 272 g/mol. The molecule has 6 heteroatoms. The van der Waals surface area contributed by atoms with Crippen molar-refractivity contribution in [3.8, 4) is 0 Å². The van der Waals surface area contributed by atoms with Crippen LogP contribution in [-0.4, -0.2) is 27.8 Å². The van der Waals surface area contributed by atoms with Crippen LogP contribution in [0.5, 0.6) is 0 Å². The van der Waals surface area contributed by atoms with Gasteiger partial charge in [-0.1, -0.05) is 6.92 Å². The largest absolute Gasteiger partial charge is 0.322 e. The van der Waals surface area contributed by atoms with Gasteiger partial charge in [-0.05, 0) is 32.7 Å². The Morgan fingerprint density at radius 2 is 2.39 bits per heavy atom. The minimum atomic E-state index is -0.381. The van der Waals surface area contributed by atoms with Gasteiger partial charge in [-0.3, -0.25) is 9.48 Å².